The van der Waals surface area contributed by atoms with E-state index in [2.05, 4.69) is 28.0 Å². The van der Waals surface area contributed by atoms with E-state index in [4.69, 9.17) is 21.3 Å². The summed E-state index contributed by atoms with van der Waals surface area (Å²) in [5.74, 6) is -0.674. The number of carbonyl (C=O) groups excluding carboxylic acids is 2. The van der Waals surface area contributed by atoms with E-state index in [0.717, 1.165) is 71.6 Å². The van der Waals surface area contributed by atoms with E-state index in [1.807, 2.05) is 37.8 Å². The maximum Gasteiger partial charge on any atom is 0.229 e. The highest BCUT2D eigenvalue weighted by molar-refractivity contribution is 6.45. The fourth-order valence-electron chi connectivity index (χ4n) is 4.58. The molecule has 2 aromatic heterocycles. The van der Waals surface area contributed by atoms with Crippen molar-refractivity contribution in [1.82, 2.24) is 25.4 Å². The van der Waals surface area contributed by atoms with Gasteiger partial charge in [-0.2, -0.15) is 5.10 Å². The number of nitrogens with zero attached hydrogens (tertiary/aromatic N) is 3. The predicted octanol–water partition coefficient (Wildman–Crippen LogP) is 1.84. The van der Waals surface area contributed by atoms with E-state index in [9.17, 15) is 9.59 Å². The molecule has 11 heteroatoms. The number of rotatable bonds is 10. The minimum atomic E-state index is -0.340. The molecule has 1 aromatic carbocycles. The van der Waals surface area contributed by atoms with Crippen LogP contribution in [0.15, 0.2) is 24.4 Å². The molecule has 0 unspecified atom stereocenters. The topological polar surface area (TPSA) is 110 Å². The van der Waals surface area contributed by atoms with E-state index in [0.29, 0.717) is 18.0 Å². The molecular formula is C26H34BClN6O3. The summed E-state index contributed by atoms with van der Waals surface area (Å²) in [6, 6.07) is 5.85. The number of hydrogen-bond acceptors (Lipinski definition) is 6. The fraction of sp³-hybridized carbons (Fsp3) is 0.462. The minimum absolute atomic E-state index is 0.250. The second kappa shape index (κ2) is 12.4. The van der Waals surface area contributed by atoms with Crippen molar-refractivity contribution in [2.24, 2.45) is 0 Å². The molecule has 37 heavy (non-hydrogen) atoms. The van der Waals surface area contributed by atoms with Crippen molar-refractivity contribution in [1.29, 1.82) is 0 Å². The van der Waals surface area contributed by atoms with Gasteiger partial charge in [0.25, 0.3) is 0 Å². The fourth-order valence-corrected chi connectivity index (χ4v) is 4.69. The Kier molecular flexibility index (Phi) is 9.05. The monoisotopic (exact) mass is 524 g/mol. The van der Waals surface area contributed by atoms with Gasteiger partial charge in [-0.1, -0.05) is 36.1 Å². The zero-order valence-electron chi connectivity index (χ0n) is 21.7. The van der Waals surface area contributed by atoms with Crippen LogP contribution in [0.25, 0.3) is 11.0 Å². The van der Waals surface area contributed by atoms with Crippen LogP contribution in [0.2, 0.25) is 5.02 Å². The molecule has 3 heterocycles. The van der Waals surface area contributed by atoms with Crippen LogP contribution in [0.5, 0.6) is 0 Å². The average molecular weight is 525 g/mol. The minimum Gasteiger partial charge on any atom is -0.381 e. The summed E-state index contributed by atoms with van der Waals surface area (Å²) >= 11 is 6.07. The second-order valence-electron chi connectivity index (χ2n) is 9.31. The Hall–Kier alpha value is -3.11. The van der Waals surface area contributed by atoms with Crippen molar-refractivity contribution in [2.45, 2.75) is 65.2 Å². The molecule has 4 rings (SSSR count). The first-order valence-electron chi connectivity index (χ1n) is 12.9. The lowest BCUT2D eigenvalue weighted by Crippen LogP contribution is -2.32. The number of carbonyl (C=O) groups is 2. The van der Waals surface area contributed by atoms with Crippen molar-refractivity contribution >= 4 is 53.4 Å². The molecule has 3 N–H and O–H groups in total. The Labute approximate surface area is 223 Å². The quantitative estimate of drug-likeness (QED) is 0.276. The molecule has 1 aliphatic rings. The Morgan fingerprint density at radius 2 is 1.89 bits per heavy atom. The first kappa shape index (κ1) is 26.9. The summed E-state index contributed by atoms with van der Waals surface area (Å²) in [6.45, 7) is 6.86. The van der Waals surface area contributed by atoms with E-state index < -0.39 is 0 Å². The Balaban J connectivity index is 1.45. The third-order valence-corrected chi connectivity index (χ3v) is 7.10. The molecule has 9 nitrogen and oxygen atoms in total. The van der Waals surface area contributed by atoms with Crippen molar-refractivity contribution in [2.75, 3.05) is 18.5 Å². The van der Waals surface area contributed by atoms with Gasteiger partial charge in [0.2, 0.25) is 11.8 Å². The third-order valence-electron chi connectivity index (χ3n) is 6.67. The molecule has 2 amide bonds. The van der Waals surface area contributed by atoms with Crippen LogP contribution >= 0.6 is 11.6 Å². The van der Waals surface area contributed by atoms with Gasteiger partial charge in [0, 0.05) is 55.2 Å². The molecule has 196 valence electrons. The van der Waals surface area contributed by atoms with Gasteiger partial charge in [0.15, 0.2) is 5.65 Å². The first-order chi connectivity index (χ1) is 17.9. The summed E-state index contributed by atoms with van der Waals surface area (Å²) in [5.41, 5.74) is 5.50. The molecule has 0 radical (unpaired) electrons. The van der Waals surface area contributed by atoms with Crippen LogP contribution in [0.4, 0.5) is 5.69 Å². The average Bonchev–Trinajstić information content (AvgIpc) is 3.32. The number of aryl methyl sites for hydroxylation is 2. The number of amides is 2. The standard InChI is InChI=1S/C26H34BClN6O3/c1-3-22-18(14-30-24(36)12-23(35)29-13-16-5-6-21(28)20(27)11-16)25(32-17-7-9-37-10-8-17)19-15-31-34(4-2)26(19)33-22/h5-6,11,15,17H,3-4,7-10,12-14,27H2,1-2H3,(H,29,35)(H,30,36)(H,32,33). The summed E-state index contributed by atoms with van der Waals surface area (Å²) < 4.78 is 7.41. The number of pyridine rings is 1. The first-order valence-corrected chi connectivity index (χ1v) is 13.3. The maximum absolute atomic E-state index is 12.7. The Bertz CT molecular complexity index is 1270. The molecule has 0 bridgehead atoms. The van der Waals surface area contributed by atoms with Gasteiger partial charge in [-0.25, -0.2) is 9.67 Å². The van der Waals surface area contributed by atoms with Gasteiger partial charge in [-0.15, -0.1) is 0 Å². The number of hydrogen-bond donors (Lipinski definition) is 3. The van der Waals surface area contributed by atoms with E-state index >= 15 is 0 Å². The highest BCUT2D eigenvalue weighted by atomic mass is 35.5. The second-order valence-corrected chi connectivity index (χ2v) is 9.72. The number of fused-ring (bicyclic) bond motifs is 1. The molecule has 1 aliphatic heterocycles. The highest BCUT2D eigenvalue weighted by Gasteiger charge is 2.22. The van der Waals surface area contributed by atoms with Crippen LogP contribution in [-0.2, 0) is 40.4 Å². The third kappa shape index (κ3) is 6.61. The van der Waals surface area contributed by atoms with Crippen LogP contribution in [-0.4, -0.2) is 53.7 Å². The summed E-state index contributed by atoms with van der Waals surface area (Å²) in [6.07, 6.45) is 4.11. The van der Waals surface area contributed by atoms with Gasteiger partial charge in [0.1, 0.15) is 14.3 Å². The Morgan fingerprint density at radius 1 is 1.16 bits per heavy atom. The Morgan fingerprint density at radius 3 is 2.57 bits per heavy atom. The van der Waals surface area contributed by atoms with Gasteiger partial charge in [0.05, 0.1) is 17.3 Å². The molecule has 1 fully saturated rings. The summed E-state index contributed by atoms with van der Waals surface area (Å²) in [5, 5.41) is 15.6. The van der Waals surface area contributed by atoms with Crippen LogP contribution < -0.4 is 21.4 Å². The SMILES string of the molecule is Bc1cc(CNC(=O)CC(=O)NCc2c(CC)nc3c(cnn3CC)c2NC2CCOCC2)ccc1Cl. The number of nitrogens with one attached hydrogen (secondary N) is 3. The van der Waals surface area contributed by atoms with E-state index in [1.165, 1.54) is 0 Å². The number of benzene rings is 1. The lowest BCUT2D eigenvalue weighted by molar-refractivity contribution is -0.129. The van der Waals surface area contributed by atoms with Gasteiger partial charge in [-0.05, 0) is 37.8 Å². The molecule has 0 atom stereocenters. The van der Waals surface area contributed by atoms with E-state index in [1.54, 1.807) is 6.07 Å². The van der Waals surface area contributed by atoms with Crippen molar-refractivity contribution in [3.8, 4) is 0 Å². The van der Waals surface area contributed by atoms with Gasteiger partial charge < -0.3 is 20.7 Å². The lowest BCUT2D eigenvalue weighted by atomic mass is 9.94. The van der Waals surface area contributed by atoms with Gasteiger partial charge >= 0.3 is 0 Å². The number of anilines is 1. The van der Waals surface area contributed by atoms with Crippen LogP contribution in [0.3, 0.4) is 0 Å². The zero-order valence-corrected chi connectivity index (χ0v) is 22.5. The largest absolute Gasteiger partial charge is 0.381 e. The molecule has 3 aromatic rings. The highest BCUT2D eigenvalue weighted by Crippen LogP contribution is 2.31. The maximum atomic E-state index is 12.7. The summed E-state index contributed by atoms with van der Waals surface area (Å²) in [7, 11) is 1.91. The van der Waals surface area contributed by atoms with E-state index in [-0.39, 0.29) is 30.8 Å². The molecule has 0 aliphatic carbocycles. The van der Waals surface area contributed by atoms with Crippen molar-refractivity contribution in [3.05, 3.63) is 46.2 Å². The molecular weight excluding hydrogens is 491 g/mol. The predicted molar refractivity (Wildman–Crippen MR) is 148 cm³/mol. The number of halogens is 1. The molecule has 0 spiro atoms. The molecule has 0 saturated carbocycles. The van der Waals surface area contributed by atoms with Crippen molar-refractivity contribution < 1.29 is 14.3 Å². The zero-order chi connectivity index (χ0) is 26.4. The summed E-state index contributed by atoms with van der Waals surface area (Å²) in [4.78, 5) is 30.0. The molecule has 1 saturated heterocycles. The smallest absolute Gasteiger partial charge is 0.229 e. The normalized spacial score (nSPS) is 14.0. The lowest BCUT2D eigenvalue weighted by Gasteiger charge is -2.26. The van der Waals surface area contributed by atoms with Crippen molar-refractivity contribution in [3.63, 3.8) is 0 Å². The number of aromatic nitrogens is 3. The van der Waals surface area contributed by atoms with Crippen LogP contribution in [0.1, 0.15) is 49.9 Å². The van der Waals surface area contributed by atoms with Crippen LogP contribution in [0, 0.1) is 0 Å². The number of ether oxygens (including phenoxy) is 1. The van der Waals surface area contributed by atoms with Gasteiger partial charge in [-0.3, -0.25) is 9.59 Å².